The smallest absolute Gasteiger partial charge is 0.253 e. The first-order chi connectivity index (χ1) is 8.08. The Balaban J connectivity index is 2.83. The Morgan fingerprint density at radius 3 is 2.82 bits per heavy atom. The van der Waals surface area contributed by atoms with Crippen LogP contribution in [0.5, 0.6) is 0 Å². The van der Waals surface area contributed by atoms with Crippen LogP contribution in [-0.4, -0.2) is 25.7 Å². The molecule has 0 fully saturated rings. The van der Waals surface area contributed by atoms with Gasteiger partial charge in [0.05, 0.1) is 17.9 Å². The van der Waals surface area contributed by atoms with Gasteiger partial charge >= 0.3 is 0 Å². The van der Waals surface area contributed by atoms with Crippen molar-refractivity contribution in [1.29, 1.82) is 0 Å². The van der Waals surface area contributed by atoms with Crippen molar-refractivity contribution in [2.45, 2.75) is 19.9 Å². The van der Waals surface area contributed by atoms with Crippen LogP contribution < -0.4 is 16.6 Å². The zero-order valence-corrected chi connectivity index (χ0v) is 10.4. The highest BCUT2D eigenvalue weighted by Crippen LogP contribution is 2.16. The summed E-state index contributed by atoms with van der Waals surface area (Å²) in [5.74, 6) is 5.21. The number of ether oxygens (including phenoxy) is 1. The summed E-state index contributed by atoms with van der Waals surface area (Å²) in [7, 11) is 1.60. The number of aryl methyl sites for hydroxylation is 1. The van der Waals surface area contributed by atoms with Crippen LogP contribution in [0, 0.1) is 6.92 Å². The monoisotopic (exact) mass is 237 g/mol. The second-order valence-corrected chi connectivity index (χ2v) is 4.02. The van der Waals surface area contributed by atoms with Gasteiger partial charge in [-0.3, -0.25) is 10.6 Å². The van der Waals surface area contributed by atoms with E-state index in [0.29, 0.717) is 17.9 Å². The van der Waals surface area contributed by atoms with Crippen LogP contribution in [0.25, 0.3) is 0 Å². The van der Waals surface area contributed by atoms with Crippen molar-refractivity contribution in [3.8, 4) is 0 Å². The number of hydrazine groups is 1. The Hall–Kier alpha value is -1.59. The summed E-state index contributed by atoms with van der Waals surface area (Å²) < 4.78 is 4.97. The lowest BCUT2D eigenvalue weighted by molar-refractivity contribution is 0.0906. The van der Waals surface area contributed by atoms with Gasteiger partial charge in [0.2, 0.25) is 0 Å². The van der Waals surface area contributed by atoms with E-state index in [0.717, 1.165) is 5.56 Å². The van der Waals surface area contributed by atoms with E-state index in [1.165, 1.54) is 0 Å². The zero-order chi connectivity index (χ0) is 12.8. The minimum Gasteiger partial charge on any atom is -0.383 e. The molecule has 0 aliphatic heterocycles. The lowest BCUT2D eigenvalue weighted by Gasteiger charge is -2.15. The van der Waals surface area contributed by atoms with Crippen molar-refractivity contribution < 1.29 is 9.53 Å². The van der Waals surface area contributed by atoms with E-state index in [2.05, 4.69) is 10.7 Å². The van der Waals surface area contributed by atoms with Crippen LogP contribution in [-0.2, 0) is 4.74 Å². The first-order valence-corrected chi connectivity index (χ1v) is 5.45. The van der Waals surface area contributed by atoms with Gasteiger partial charge in [0, 0.05) is 13.2 Å². The maximum absolute atomic E-state index is 12.0. The number of nitrogens with one attached hydrogen (secondary N) is 2. The van der Waals surface area contributed by atoms with Crippen LogP contribution in [0.15, 0.2) is 18.2 Å². The standard InChI is InChI=1S/C12H19N3O2/c1-8-4-5-11(15-13)10(6-8)12(16)14-9(2)7-17-3/h4-6,9,15H,7,13H2,1-3H3,(H,14,16). The molecule has 1 rings (SSSR count). The number of hydrogen-bond donors (Lipinski definition) is 3. The molecule has 0 aliphatic rings. The Bertz CT molecular complexity index is 393. The number of carbonyl (C=O) groups excluding carboxylic acids is 1. The summed E-state index contributed by atoms with van der Waals surface area (Å²) in [4.78, 5) is 12.0. The molecule has 17 heavy (non-hydrogen) atoms. The number of rotatable bonds is 5. The third kappa shape index (κ3) is 3.72. The highest BCUT2D eigenvalue weighted by atomic mass is 16.5. The molecule has 0 spiro atoms. The highest BCUT2D eigenvalue weighted by molar-refractivity contribution is 5.99. The van der Waals surface area contributed by atoms with E-state index in [1.807, 2.05) is 19.9 Å². The predicted molar refractivity (Wildman–Crippen MR) is 67.8 cm³/mol. The molecule has 0 bridgehead atoms. The number of nitrogen functional groups attached to an aromatic ring is 1. The van der Waals surface area contributed by atoms with E-state index in [9.17, 15) is 4.79 Å². The largest absolute Gasteiger partial charge is 0.383 e. The Morgan fingerprint density at radius 2 is 2.24 bits per heavy atom. The summed E-state index contributed by atoms with van der Waals surface area (Å²) in [6.07, 6.45) is 0. The van der Waals surface area contributed by atoms with Gasteiger partial charge < -0.3 is 15.5 Å². The molecule has 0 saturated heterocycles. The van der Waals surface area contributed by atoms with Gasteiger partial charge in [0.25, 0.3) is 5.91 Å². The van der Waals surface area contributed by atoms with Gasteiger partial charge in [-0.1, -0.05) is 11.6 Å². The molecular formula is C12H19N3O2. The fourth-order valence-electron chi connectivity index (χ4n) is 1.57. The normalized spacial score (nSPS) is 12.0. The molecule has 1 aromatic carbocycles. The molecule has 0 radical (unpaired) electrons. The SMILES string of the molecule is COCC(C)NC(=O)c1cc(C)ccc1NN. The number of hydrogen-bond acceptors (Lipinski definition) is 4. The van der Waals surface area contributed by atoms with Gasteiger partial charge in [-0.25, -0.2) is 0 Å². The number of anilines is 1. The first-order valence-electron chi connectivity index (χ1n) is 5.45. The molecule has 5 nitrogen and oxygen atoms in total. The van der Waals surface area contributed by atoms with Crippen molar-refractivity contribution in [3.05, 3.63) is 29.3 Å². The number of carbonyl (C=O) groups is 1. The number of nitrogens with two attached hydrogens (primary N) is 1. The topological polar surface area (TPSA) is 76.4 Å². The van der Waals surface area contributed by atoms with E-state index < -0.39 is 0 Å². The molecule has 94 valence electrons. The number of methoxy groups -OCH3 is 1. The second-order valence-electron chi connectivity index (χ2n) is 4.02. The fourth-order valence-corrected chi connectivity index (χ4v) is 1.57. The molecule has 5 heteroatoms. The van der Waals surface area contributed by atoms with E-state index in [1.54, 1.807) is 19.2 Å². The first kappa shape index (κ1) is 13.5. The van der Waals surface area contributed by atoms with Gasteiger partial charge in [-0.15, -0.1) is 0 Å². The van der Waals surface area contributed by atoms with E-state index in [4.69, 9.17) is 10.6 Å². The van der Waals surface area contributed by atoms with Crippen LogP contribution in [0.2, 0.25) is 0 Å². The fraction of sp³-hybridized carbons (Fsp3) is 0.417. The Labute approximate surface area is 101 Å². The second kappa shape index (κ2) is 6.22. The third-order valence-electron chi connectivity index (χ3n) is 2.37. The third-order valence-corrected chi connectivity index (χ3v) is 2.37. The lowest BCUT2D eigenvalue weighted by Crippen LogP contribution is -2.36. The summed E-state index contributed by atoms with van der Waals surface area (Å²) in [5.41, 5.74) is 4.67. The van der Waals surface area contributed by atoms with E-state index in [-0.39, 0.29) is 11.9 Å². The molecule has 1 aromatic rings. The summed E-state index contributed by atoms with van der Waals surface area (Å²) in [5, 5.41) is 2.84. The van der Waals surface area contributed by atoms with Crippen molar-refractivity contribution in [1.82, 2.24) is 5.32 Å². The minimum absolute atomic E-state index is 0.0429. The van der Waals surface area contributed by atoms with Crippen molar-refractivity contribution in [2.24, 2.45) is 5.84 Å². The van der Waals surface area contributed by atoms with Crippen LogP contribution in [0.3, 0.4) is 0 Å². The molecule has 0 aliphatic carbocycles. The van der Waals surface area contributed by atoms with Crippen molar-refractivity contribution in [2.75, 3.05) is 19.1 Å². The molecule has 0 aromatic heterocycles. The summed E-state index contributed by atoms with van der Waals surface area (Å²) >= 11 is 0. The molecule has 1 atom stereocenters. The Kier molecular flexibility index (Phi) is 4.93. The quantitative estimate of drug-likeness (QED) is 0.528. The predicted octanol–water partition coefficient (Wildman–Crippen LogP) is 1.05. The maximum Gasteiger partial charge on any atom is 0.253 e. The average Bonchev–Trinajstić information content (AvgIpc) is 2.29. The Morgan fingerprint density at radius 1 is 1.53 bits per heavy atom. The molecule has 4 N–H and O–H groups in total. The molecule has 1 amide bonds. The lowest BCUT2D eigenvalue weighted by atomic mass is 10.1. The van der Waals surface area contributed by atoms with E-state index >= 15 is 0 Å². The van der Waals surface area contributed by atoms with Crippen LogP contribution in [0.4, 0.5) is 5.69 Å². The van der Waals surface area contributed by atoms with Crippen molar-refractivity contribution >= 4 is 11.6 Å². The van der Waals surface area contributed by atoms with Gasteiger partial charge in [0.15, 0.2) is 0 Å². The number of amides is 1. The minimum atomic E-state index is -0.161. The van der Waals surface area contributed by atoms with Crippen molar-refractivity contribution in [3.63, 3.8) is 0 Å². The average molecular weight is 237 g/mol. The summed E-state index contributed by atoms with van der Waals surface area (Å²) in [6.45, 7) is 4.28. The number of benzene rings is 1. The van der Waals surface area contributed by atoms with Crippen LogP contribution in [0.1, 0.15) is 22.8 Å². The van der Waals surface area contributed by atoms with Gasteiger partial charge in [0.1, 0.15) is 0 Å². The van der Waals surface area contributed by atoms with Gasteiger partial charge in [-0.2, -0.15) is 0 Å². The van der Waals surface area contributed by atoms with Gasteiger partial charge in [-0.05, 0) is 26.0 Å². The molecular weight excluding hydrogens is 218 g/mol. The molecule has 0 saturated carbocycles. The maximum atomic E-state index is 12.0. The summed E-state index contributed by atoms with van der Waals surface area (Å²) in [6, 6.07) is 5.43. The molecule has 0 heterocycles. The zero-order valence-electron chi connectivity index (χ0n) is 10.4. The van der Waals surface area contributed by atoms with Crippen LogP contribution >= 0.6 is 0 Å². The molecule has 1 unspecified atom stereocenters. The highest BCUT2D eigenvalue weighted by Gasteiger charge is 2.13.